The minimum absolute atomic E-state index is 0.150. The number of pyridine rings is 2. The number of amides is 1. The van der Waals surface area contributed by atoms with Crippen molar-refractivity contribution >= 4 is 44.6 Å². The van der Waals surface area contributed by atoms with E-state index in [9.17, 15) is 4.79 Å². The average molecular weight is 505 g/mol. The number of piperidine rings is 1. The van der Waals surface area contributed by atoms with Gasteiger partial charge in [0.15, 0.2) is 11.6 Å². The van der Waals surface area contributed by atoms with Crippen molar-refractivity contribution in [3.05, 3.63) is 40.3 Å². The molecule has 1 amide bonds. The number of hydrogen-bond acceptors (Lipinski definition) is 8. The third-order valence-electron chi connectivity index (χ3n) is 5.36. The molecule has 0 aliphatic carbocycles. The van der Waals surface area contributed by atoms with Gasteiger partial charge in [0.05, 0.1) is 12.2 Å². The third kappa shape index (κ3) is 5.43. The van der Waals surface area contributed by atoms with Crippen molar-refractivity contribution in [2.75, 3.05) is 19.6 Å². The summed E-state index contributed by atoms with van der Waals surface area (Å²) in [5, 5.41) is 3.13. The molecular weight excluding hydrogens is 480 g/mol. The maximum atomic E-state index is 11.6. The van der Waals surface area contributed by atoms with Crippen molar-refractivity contribution in [2.24, 2.45) is 4.99 Å². The van der Waals surface area contributed by atoms with Gasteiger partial charge in [0, 0.05) is 48.5 Å². The number of hydrogen-bond donors (Lipinski definition) is 1. The molecule has 2 aromatic rings. The first-order valence-corrected chi connectivity index (χ1v) is 11.8. The van der Waals surface area contributed by atoms with Crippen molar-refractivity contribution in [1.29, 1.82) is 0 Å². The number of nitrogens with zero attached hydrogens (tertiary/aromatic N) is 5. The number of ether oxygens (including phenoxy) is 1. The van der Waals surface area contributed by atoms with E-state index < -0.39 is 0 Å². The van der Waals surface area contributed by atoms with Gasteiger partial charge in [-0.25, -0.2) is 15.0 Å². The topological polar surface area (TPSA) is 83.0 Å². The van der Waals surface area contributed by atoms with Gasteiger partial charge in [0.1, 0.15) is 10.8 Å². The fourth-order valence-corrected chi connectivity index (χ4v) is 4.75. The Hall–Kier alpha value is -2.01. The molecule has 0 saturated carbocycles. The predicted octanol–water partition coefficient (Wildman–Crippen LogP) is 4.16. The van der Waals surface area contributed by atoms with Crippen LogP contribution in [-0.4, -0.2) is 56.5 Å². The number of rotatable bonds is 4. The molecule has 164 valence electrons. The molecule has 1 N–H and O–H groups in total. The van der Waals surface area contributed by atoms with Gasteiger partial charge in [-0.2, -0.15) is 4.83 Å². The molecule has 0 radical (unpaired) electrons. The lowest BCUT2D eigenvalue weighted by molar-refractivity contribution is -0.130. The SMILES string of the molecule is CC(=O)N1CCC(N2CC(=Nc3ncc(Br)cc3Oc3ccc(C)nc3C)SN2)CC1. The fourth-order valence-electron chi connectivity index (χ4n) is 3.67. The number of carbonyl (C=O) groups excluding carboxylic acids is 1. The first-order valence-electron chi connectivity index (χ1n) is 10.2. The Morgan fingerprint density at radius 2 is 2.06 bits per heavy atom. The van der Waals surface area contributed by atoms with Crippen LogP contribution in [0.1, 0.15) is 31.2 Å². The van der Waals surface area contributed by atoms with Gasteiger partial charge in [0.25, 0.3) is 0 Å². The highest BCUT2D eigenvalue weighted by atomic mass is 79.9. The molecule has 0 bridgehead atoms. The maximum absolute atomic E-state index is 11.6. The normalized spacial score (nSPS) is 19.2. The minimum Gasteiger partial charge on any atom is -0.451 e. The van der Waals surface area contributed by atoms with E-state index in [1.54, 1.807) is 13.1 Å². The minimum atomic E-state index is 0.150. The van der Waals surface area contributed by atoms with Crippen molar-refractivity contribution < 1.29 is 9.53 Å². The Bertz CT molecular complexity index is 1010. The quantitative estimate of drug-likeness (QED) is 0.625. The zero-order chi connectivity index (χ0) is 22.0. The van der Waals surface area contributed by atoms with Crippen LogP contribution in [0.4, 0.5) is 5.82 Å². The molecule has 2 saturated heterocycles. The Morgan fingerprint density at radius 3 is 2.77 bits per heavy atom. The van der Waals surface area contributed by atoms with E-state index in [0.717, 1.165) is 46.8 Å². The van der Waals surface area contributed by atoms with Crippen molar-refractivity contribution in [1.82, 2.24) is 24.7 Å². The zero-order valence-electron chi connectivity index (χ0n) is 17.8. The molecule has 10 heteroatoms. The molecule has 4 heterocycles. The Morgan fingerprint density at radius 1 is 1.29 bits per heavy atom. The predicted molar refractivity (Wildman–Crippen MR) is 126 cm³/mol. The van der Waals surface area contributed by atoms with E-state index in [4.69, 9.17) is 9.73 Å². The number of hydrazine groups is 1. The molecule has 0 spiro atoms. The van der Waals surface area contributed by atoms with Gasteiger partial charge < -0.3 is 9.64 Å². The Labute approximate surface area is 194 Å². The lowest BCUT2D eigenvalue weighted by Crippen LogP contribution is -2.48. The second kappa shape index (κ2) is 9.64. The maximum Gasteiger partial charge on any atom is 0.219 e. The van der Waals surface area contributed by atoms with Crippen molar-refractivity contribution in [3.8, 4) is 11.5 Å². The number of carbonyl (C=O) groups is 1. The molecule has 0 atom stereocenters. The Balaban J connectivity index is 1.47. The molecule has 0 aromatic carbocycles. The van der Waals surface area contributed by atoms with Gasteiger partial charge >= 0.3 is 0 Å². The fraction of sp³-hybridized carbons (Fsp3) is 0.429. The van der Waals surface area contributed by atoms with Crippen LogP contribution in [0, 0.1) is 13.8 Å². The van der Waals surface area contributed by atoms with Crippen LogP contribution >= 0.6 is 27.9 Å². The van der Waals surface area contributed by atoms with Crippen LogP contribution in [-0.2, 0) is 4.79 Å². The van der Waals surface area contributed by atoms with Gasteiger partial charge in [0.2, 0.25) is 5.91 Å². The number of nitrogens with one attached hydrogen (secondary N) is 1. The summed E-state index contributed by atoms with van der Waals surface area (Å²) >= 11 is 4.96. The Kier molecular flexibility index (Phi) is 6.90. The van der Waals surface area contributed by atoms with E-state index in [2.05, 4.69) is 35.7 Å². The standard InChI is InChI=1S/C21H25BrN6O2S/c1-13-4-5-18(14(2)24-13)30-19-10-16(22)11-23-21(19)25-20-12-28(26-31-20)17-6-8-27(9-7-17)15(3)29/h4-5,10-11,17,26H,6-9,12H2,1-3H3. The van der Waals surface area contributed by atoms with Gasteiger partial charge in [-0.1, -0.05) is 0 Å². The second-order valence-electron chi connectivity index (χ2n) is 7.68. The largest absolute Gasteiger partial charge is 0.451 e. The van der Waals surface area contributed by atoms with Gasteiger partial charge in [-0.15, -0.1) is 0 Å². The molecule has 4 rings (SSSR count). The second-order valence-corrected chi connectivity index (χ2v) is 9.45. The molecule has 2 aliphatic heterocycles. The molecular formula is C21H25BrN6O2S. The van der Waals surface area contributed by atoms with Crippen LogP contribution in [0.25, 0.3) is 0 Å². The summed E-state index contributed by atoms with van der Waals surface area (Å²) in [5.74, 6) is 1.94. The van der Waals surface area contributed by atoms with E-state index in [-0.39, 0.29) is 5.91 Å². The summed E-state index contributed by atoms with van der Waals surface area (Å²) in [4.78, 5) is 30.5. The summed E-state index contributed by atoms with van der Waals surface area (Å²) in [7, 11) is 0. The monoisotopic (exact) mass is 504 g/mol. The number of halogens is 1. The van der Waals surface area contributed by atoms with Crippen LogP contribution in [0.5, 0.6) is 11.5 Å². The van der Waals surface area contributed by atoms with Crippen molar-refractivity contribution in [2.45, 2.75) is 39.7 Å². The molecule has 2 aromatic heterocycles. The van der Waals surface area contributed by atoms with E-state index in [1.165, 1.54) is 11.9 Å². The zero-order valence-corrected chi connectivity index (χ0v) is 20.2. The lowest BCUT2D eigenvalue weighted by atomic mass is 10.0. The number of likely N-dealkylation sites (tertiary alicyclic amines) is 1. The molecule has 8 nitrogen and oxygen atoms in total. The first-order chi connectivity index (χ1) is 14.9. The van der Waals surface area contributed by atoms with Crippen LogP contribution < -0.4 is 9.57 Å². The highest BCUT2D eigenvalue weighted by Gasteiger charge is 2.30. The molecule has 2 aliphatic rings. The summed E-state index contributed by atoms with van der Waals surface area (Å²) in [6.45, 7) is 7.79. The first kappa shape index (κ1) is 22.2. The van der Waals surface area contributed by atoms with E-state index in [0.29, 0.717) is 29.9 Å². The van der Waals surface area contributed by atoms with Crippen molar-refractivity contribution in [3.63, 3.8) is 0 Å². The molecule has 0 unspecified atom stereocenters. The highest BCUT2D eigenvalue weighted by molar-refractivity contribution is 9.10. The summed E-state index contributed by atoms with van der Waals surface area (Å²) in [6, 6.07) is 6.08. The third-order valence-corrected chi connectivity index (χ3v) is 6.58. The van der Waals surface area contributed by atoms with Gasteiger partial charge in [-0.3, -0.25) is 9.78 Å². The molecule has 31 heavy (non-hydrogen) atoms. The van der Waals surface area contributed by atoms with Crippen LogP contribution in [0.3, 0.4) is 0 Å². The summed E-state index contributed by atoms with van der Waals surface area (Å²) in [5.41, 5.74) is 1.76. The highest BCUT2D eigenvalue weighted by Crippen LogP contribution is 2.34. The number of aryl methyl sites for hydroxylation is 2. The summed E-state index contributed by atoms with van der Waals surface area (Å²) < 4.78 is 6.94. The number of aliphatic imine (C=N–C) groups is 1. The number of aromatic nitrogens is 2. The molecule has 2 fully saturated rings. The lowest BCUT2D eigenvalue weighted by Gasteiger charge is -2.35. The van der Waals surface area contributed by atoms with E-state index >= 15 is 0 Å². The average Bonchev–Trinajstić information content (AvgIpc) is 3.20. The van der Waals surface area contributed by atoms with Crippen LogP contribution in [0.2, 0.25) is 0 Å². The summed E-state index contributed by atoms with van der Waals surface area (Å²) in [6.07, 6.45) is 3.62. The smallest absolute Gasteiger partial charge is 0.219 e. The van der Waals surface area contributed by atoms with E-state index in [1.807, 2.05) is 36.9 Å². The van der Waals surface area contributed by atoms with Gasteiger partial charge in [-0.05, 0) is 66.7 Å². The van der Waals surface area contributed by atoms with Crippen LogP contribution in [0.15, 0.2) is 33.9 Å².